The highest BCUT2D eigenvalue weighted by atomic mass is 19.1. The molecule has 2 aliphatic heterocycles. The monoisotopic (exact) mass is 370 g/mol. The summed E-state index contributed by atoms with van der Waals surface area (Å²) in [5.74, 6) is 0.847. The lowest BCUT2D eigenvalue weighted by Crippen LogP contribution is -2.52. The lowest BCUT2D eigenvalue weighted by Gasteiger charge is -2.42. The van der Waals surface area contributed by atoms with Crippen molar-refractivity contribution in [1.82, 2.24) is 4.90 Å². The van der Waals surface area contributed by atoms with Crippen molar-refractivity contribution in [1.29, 1.82) is 0 Å². The zero-order chi connectivity index (χ0) is 19.0. The van der Waals surface area contributed by atoms with Crippen LogP contribution in [-0.4, -0.2) is 35.0 Å². The molecule has 4 rings (SSSR count). The molecular formula is C22H27FN2O2. The van der Waals surface area contributed by atoms with Crippen molar-refractivity contribution in [3.05, 3.63) is 54.2 Å². The third kappa shape index (κ3) is 3.47. The highest BCUT2D eigenvalue weighted by Crippen LogP contribution is 2.43. The summed E-state index contributed by atoms with van der Waals surface area (Å²) in [7, 11) is 0. The zero-order valence-corrected chi connectivity index (χ0v) is 16.0. The average molecular weight is 370 g/mol. The van der Waals surface area contributed by atoms with Gasteiger partial charge in [-0.05, 0) is 69.5 Å². The number of nitrogens with zero attached hydrogens (tertiary/aromatic N) is 2. The molecule has 4 nitrogen and oxygen atoms in total. The minimum atomic E-state index is -0.217. The number of carbonyl (C=O) groups excluding carboxylic acids is 1. The van der Waals surface area contributed by atoms with E-state index < -0.39 is 0 Å². The molecule has 3 heterocycles. The van der Waals surface area contributed by atoms with Gasteiger partial charge in [0.15, 0.2) is 0 Å². The Bertz CT molecular complexity index is 785. The lowest BCUT2D eigenvalue weighted by molar-refractivity contribution is -0.135. The standard InChI is InChI=1S/C22H27FN2O2/c1-22(2)15-20-19(25(22)17-9-7-16(23)8-10-17)6-3-13-24(20)21(26)12-11-18-5-4-14-27-18/h4-5,7-10,14,19-20H,3,6,11-13,15H2,1-2H3/t19-,20-/m0/s1. The van der Waals surface area contributed by atoms with E-state index in [-0.39, 0.29) is 29.3 Å². The SMILES string of the molecule is CC1(C)C[C@H]2[C@H](CCCN2C(=O)CCc2ccco2)N1c1ccc(F)cc1. The number of fused-ring (bicyclic) bond motifs is 1. The molecule has 2 aromatic rings. The van der Waals surface area contributed by atoms with Crippen LogP contribution in [0.2, 0.25) is 0 Å². The number of anilines is 1. The van der Waals surface area contributed by atoms with Crippen molar-refractivity contribution < 1.29 is 13.6 Å². The van der Waals surface area contributed by atoms with Gasteiger partial charge in [0, 0.05) is 30.6 Å². The fourth-order valence-electron chi connectivity index (χ4n) is 4.92. The van der Waals surface area contributed by atoms with Crippen LogP contribution in [0.3, 0.4) is 0 Å². The third-order valence-corrected chi connectivity index (χ3v) is 6.03. The second-order valence-electron chi connectivity index (χ2n) is 8.31. The molecule has 2 fully saturated rings. The van der Waals surface area contributed by atoms with E-state index in [4.69, 9.17) is 4.42 Å². The number of carbonyl (C=O) groups is 1. The Labute approximate surface area is 159 Å². The Morgan fingerprint density at radius 3 is 2.70 bits per heavy atom. The van der Waals surface area contributed by atoms with Gasteiger partial charge in [-0.1, -0.05) is 0 Å². The van der Waals surface area contributed by atoms with Crippen molar-refractivity contribution in [2.24, 2.45) is 0 Å². The summed E-state index contributed by atoms with van der Waals surface area (Å²) in [5.41, 5.74) is 0.968. The number of furan rings is 1. The van der Waals surface area contributed by atoms with Gasteiger partial charge in [-0.2, -0.15) is 0 Å². The smallest absolute Gasteiger partial charge is 0.223 e. The number of hydrogen-bond donors (Lipinski definition) is 0. The van der Waals surface area contributed by atoms with Gasteiger partial charge in [-0.3, -0.25) is 4.79 Å². The minimum absolute atomic E-state index is 0.0724. The highest BCUT2D eigenvalue weighted by molar-refractivity contribution is 5.77. The second kappa shape index (κ2) is 7.02. The minimum Gasteiger partial charge on any atom is -0.469 e. The summed E-state index contributed by atoms with van der Waals surface area (Å²) in [6, 6.07) is 11.0. The molecular weight excluding hydrogens is 343 g/mol. The molecule has 1 aromatic heterocycles. The van der Waals surface area contributed by atoms with Crippen LogP contribution in [-0.2, 0) is 11.2 Å². The molecule has 0 saturated carbocycles. The molecule has 0 bridgehead atoms. The van der Waals surface area contributed by atoms with Gasteiger partial charge in [0.2, 0.25) is 5.91 Å². The van der Waals surface area contributed by atoms with Crippen LogP contribution >= 0.6 is 0 Å². The molecule has 0 unspecified atom stereocenters. The fourth-order valence-corrected chi connectivity index (χ4v) is 4.92. The largest absolute Gasteiger partial charge is 0.469 e. The number of benzene rings is 1. The number of hydrogen-bond acceptors (Lipinski definition) is 3. The van der Waals surface area contributed by atoms with E-state index in [2.05, 4.69) is 23.6 Å². The van der Waals surface area contributed by atoms with E-state index in [1.807, 2.05) is 24.3 Å². The van der Waals surface area contributed by atoms with Gasteiger partial charge in [-0.25, -0.2) is 4.39 Å². The Morgan fingerprint density at radius 2 is 2.00 bits per heavy atom. The zero-order valence-electron chi connectivity index (χ0n) is 16.0. The van der Waals surface area contributed by atoms with Crippen molar-refractivity contribution in [2.75, 3.05) is 11.4 Å². The third-order valence-electron chi connectivity index (χ3n) is 6.03. The molecule has 2 aliphatic rings. The van der Waals surface area contributed by atoms with Crippen LogP contribution in [0.4, 0.5) is 10.1 Å². The van der Waals surface area contributed by atoms with Gasteiger partial charge >= 0.3 is 0 Å². The Kier molecular flexibility index (Phi) is 4.70. The van der Waals surface area contributed by atoms with E-state index in [9.17, 15) is 9.18 Å². The quantitative estimate of drug-likeness (QED) is 0.800. The summed E-state index contributed by atoms with van der Waals surface area (Å²) in [6.45, 7) is 5.27. The summed E-state index contributed by atoms with van der Waals surface area (Å²) >= 11 is 0. The molecule has 0 N–H and O–H groups in total. The summed E-state index contributed by atoms with van der Waals surface area (Å²) in [5, 5.41) is 0. The number of rotatable bonds is 4. The second-order valence-corrected chi connectivity index (χ2v) is 8.31. The van der Waals surface area contributed by atoms with Gasteiger partial charge in [0.1, 0.15) is 11.6 Å². The van der Waals surface area contributed by atoms with Crippen LogP contribution in [0.25, 0.3) is 0 Å². The van der Waals surface area contributed by atoms with Crippen LogP contribution in [0, 0.1) is 5.82 Å². The van der Waals surface area contributed by atoms with E-state index >= 15 is 0 Å². The first-order valence-corrected chi connectivity index (χ1v) is 9.82. The van der Waals surface area contributed by atoms with Gasteiger partial charge < -0.3 is 14.2 Å². The molecule has 1 aromatic carbocycles. The van der Waals surface area contributed by atoms with Crippen molar-refractivity contribution in [3.8, 4) is 0 Å². The normalized spacial score (nSPS) is 24.1. The van der Waals surface area contributed by atoms with Crippen molar-refractivity contribution in [3.63, 3.8) is 0 Å². The van der Waals surface area contributed by atoms with Crippen LogP contribution in [0.5, 0.6) is 0 Å². The van der Waals surface area contributed by atoms with E-state index in [1.165, 1.54) is 12.1 Å². The summed E-state index contributed by atoms with van der Waals surface area (Å²) < 4.78 is 18.8. The van der Waals surface area contributed by atoms with Crippen LogP contribution in [0.1, 0.15) is 45.3 Å². The Hall–Kier alpha value is -2.30. The predicted octanol–water partition coefficient (Wildman–Crippen LogP) is 4.40. The molecule has 0 aliphatic carbocycles. The Balaban J connectivity index is 1.52. The van der Waals surface area contributed by atoms with E-state index in [0.717, 1.165) is 37.3 Å². The first-order chi connectivity index (χ1) is 13.0. The van der Waals surface area contributed by atoms with Crippen molar-refractivity contribution in [2.45, 2.75) is 63.6 Å². The maximum Gasteiger partial charge on any atom is 0.223 e. The van der Waals surface area contributed by atoms with E-state index in [0.29, 0.717) is 12.8 Å². The number of aryl methyl sites for hydroxylation is 1. The van der Waals surface area contributed by atoms with Gasteiger partial charge in [0.05, 0.1) is 18.3 Å². The number of halogens is 1. The molecule has 5 heteroatoms. The predicted molar refractivity (Wildman–Crippen MR) is 103 cm³/mol. The van der Waals surface area contributed by atoms with E-state index in [1.54, 1.807) is 6.26 Å². The number of likely N-dealkylation sites (tertiary alicyclic amines) is 1. The molecule has 27 heavy (non-hydrogen) atoms. The molecule has 144 valence electrons. The first kappa shape index (κ1) is 18.1. The molecule has 2 saturated heterocycles. The van der Waals surface area contributed by atoms with Gasteiger partial charge in [0.25, 0.3) is 0 Å². The summed E-state index contributed by atoms with van der Waals surface area (Å²) in [4.78, 5) is 17.4. The maximum absolute atomic E-state index is 13.4. The molecule has 0 radical (unpaired) electrons. The highest BCUT2D eigenvalue weighted by Gasteiger charge is 2.50. The van der Waals surface area contributed by atoms with Gasteiger partial charge in [-0.15, -0.1) is 0 Å². The lowest BCUT2D eigenvalue weighted by atomic mass is 9.93. The molecule has 2 atom stereocenters. The van der Waals surface area contributed by atoms with Crippen LogP contribution in [0.15, 0.2) is 47.1 Å². The number of piperidine rings is 1. The van der Waals surface area contributed by atoms with Crippen molar-refractivity contribution >= 4 is 11.6 Å². The average Bonchev–Trinajstić information content (AvgIpc) is 3.24. The first-order valence-electron chi connectivity index (χ1n) is 9.82. The summed E-state index contributed by atoms with van der Waals surface area (Å²) in [6.07, 6.45) is 5.77. The molecule has 0 spiro atoms. The number of amides is 1. The van der Waals surface area contributed by atoms with Crippen LogP contribution < -0.4 is 4.90 Å². The topological polar surface area (TPSA) is 36.7 Å². The Morgan fingerprint density at radius 1 is 1.22 bits per heavy atom. The fraction of sp³-hybridized carbons (Fsp3) is 0.500. The molecule has 1 amide bonds. The maximum atomic E-state index is 13.4.